The number of phosphoric ester groups is 1. The van der Waals surface area contributed by atoms with Crippen LogP contribution in [0.5, 0.6) is 17.2 Å². The Labute approximate surface area is 516 Å². The third-order valence-corrected chi connectivity index (χ3v) is 19.8. The highest BCUT2D eigenvalue weighted by atomic mass is 31.2. The van der Waals surface area contributed by atoms with Crippen molar-refractivity contribution in [2.45, 2.75) is 317 Å². The Hall–Kier alpha value is -2.71. The van der Waals surface area contributed by atoms with E-state index in [1.807, 2.05) is 0 Å². The highest BCUT2D eigenvalue weighted by Crippen LogP contribution is 2.53. The number of benzene rings is 3. The minimum absolute atomic E-state index is 0.566. The highest BCUT2D eigenvalue weighted by molar-refractivity contribution is 7.49. The predicted octanol–water partition coefficient (Wildman–Crippen LogP) is 25.7. The van der Waals surface area contributed by atoms with Gasteiger partial charge in [0.25, 0.3) is 0 Å². The van der Waals surface area contributed by atoms with Crippen LogP contribution >= 0.6 is 7.82 Å². The largest absolute Gasteiger partial charge is 0.647 e. The van der Waals surface area contributed by atoms with Crippen molar-refractivity contribution in [2.24, 2.45) is 71.0 Å². The molecule has 0 aliphatic heterocycles. The summed E-state index contributed by atoms with van der Waals surface area (Å²) in [4.78, 5) is 0. The maximum atomic E-state index is 16.8. The van der Waals surface area contributed by atoms with E-state index in [0.717, 1.165) is 94.8 Å². The molecule has 0 aliphatic carbocycles. The van der Waals surface area contributed by atoms with Crippen molar-refractivity contribution in [3.8, 4) is 17.2 Å². The fourth-order valence-corrected chi connectivity index (χ4v) is 13.9. The second-order valence-corrected chi connectivity index (χ2v) is 31.7. The van der Waals surface area contributed by atoms with Crippen LogP contribution < -0.4 is 13.6 Å². The zero-order chi connectivity index (χ0) is 61.3. The summed E-state index contributed by atoms with van der Waals surface area (Å²) in [5.74, 6) is 9.87. The van der Waals surface area contributed by atoms with Gasteiger partial charge in [0.2, 0.25) is 0 Å². The van der Waals surface area contributed by atoms with Crippen molar-refractivity contribution in [1.82, 2.24) is 0 Å². The summed E-state index contributed by atoms with van der Waals surface area (Å²) in [7, 11) is -4.44. The van der Waals surface area contributed by atoms with E-state index in [0.29, 0.717) is 70.5 Å². The summed E-state index contributed by atoms with van der Waals surface area (Å²) in [6, 6.07) is 19.6. The zero-order valence-electron chi connectivity index (χ0n) is 57.9. The van der Waals surface area contributed by atoms with Crippen molar-refractivity contribution >= 4 is 7.82 Å². The first-order chi connectivity index (χ1) is 39.4. The Balaban J connectivity index is 2.30. The number of hydrogen-bond acceptors (Lipinski definition) is 4. The number of phosphoric acid groups is 1. The summed E-state index contributed by atoms with van der Waals surface area (Å²) in [6.45, 7) is 42.7. The van der Waals surface area contributed by atoms with Crippen molar-refractivity contribution in [3.63, 3.8) is 0 Å². The smallest absolute Gasteiger partial charge is 0.386 e. The van der Waals surface area contributed by atoms with E-state index in [-0.39, 0.29) is 0 Å². The van der Waals surface area contributed by atoms with Gasteiger partial charge in [0.15, 0.2) is 0 Å². The van der Waals surface area contributed by atoms with Crippen LogP contribution in [0.1, 0.15) is 312 Å². The number of aryl methyl sites for hydroxylation is 3. The van der Waals surface area contributed by atoms with Gasteiger partial charge in [-0.25, -0.2) is 0 Å². The minimum atomic E-state index is -4.44. The van der Waals surface area contributed by atoms with E-state index >= 15 is 4.57 Å². The van der Waals surface area contributed by atoms with Gasteiger partial charge in [-0.1, -0.05) is 277 Å². The first-order valence-electron chi connectivity index (χ1n) is 35.4. The number of rotatable bonds is 48. The van der Waals surface area contributed by atoms with E-state index in [1.165, 1.54) is 149 Å². The van der Waals surface area contributed by atoms with Gasteiger partial charge in [-0.2, -0.15) is 4.57 Å². The van der Waals surface area contributed by atoms with E-state index in [2.05, 4.69) is 179 Å². The van der Waals surface area contributed by atoms with E-state index < -0.39 is 7.82 Å². The molecule has 0 aliphatic rings. The molecule has 3 rings (SSSR count). The lowest BCUT2D eigenvalue weighted by molar-refractivity contribution is 0.294. The molecule has 0 amide bonds. The molecule has 0 aromatic heterocycles. The molecule has 0 saturated heterocycles. The van der Waals surface area contributed by atoms with E-state index in [9.17, 15) is 0 Å². The van der Waals surface area contributed by atoms with Crippen molar-refractivity contribution < 1.29 is 18.1 Å². The van der Waals surface area contributed by atoms with Crippen LogP contribution in [0, 0.1) is 71.0 Å². The molecule has 0 fully saturated rings. The predicted molar refractivity (Wildman–Crippen MR) is 366 cm³/mol. The monoisotopic (exact) mass is 1170 g/mol. The van der Waals surface area contributed by atoms with Crippen molar-refractivity contribution in [3.05, 3.63) is 88.0 Å². The maximum Gasteiger partial charge on any atom is 0.647 e. The third-order valence-electron chi connectivity index (χ3n) is 18.6. The maximum absolute atomic E-state index is 16.8. The van der Waals surface area contributed by atoms with Crippen LogP contribution in [0.2, 0.25) is 0 Å². The lowest BCUT2D eigenvalue weighted by Gasteiger charge is -2.26. The van der Waals surface area contributed by atoms with Gasteiger partial charge in [-0.05, 0) is 200 Å². The molecule has 476 valence electrons. The van der Waals surface area contributed by atoms with E-state index in [1.54, 1.807) is 0 Å². The molecule has 83 heavy (non-hydrogen) atoms. The van der Waals surface area contributed by atoms with Gasteiger partial charge in [0.1, 0.15) is 17.2 Å². The molecule has 0 bridgehead atoms. The molecular weight excluding hydrogens is 1030 g/mol. The molecule has 3 aromatic rings. The Kier molecular flexibility index (Phi) is 37.2. The van der Waals surface area contributed by atoms with Gasteiger partial charge in [-0.3, -0.25) is 0 Å². The molecule has 6 unspecified atom stereocenters. The molecule has 0 heterocycles. The zero-order valence-corrected chi connectivity index (χ0v) is 58.8. The minimum Gasteiger partial charge on any atom is -0.386 e. The molecular formula is C78H135O4P. The van der Waals surface area contributed by atoms with Crippen LogP contribution in [0.3, 0.4) is 0 Å². The molecule has 0 saturated carbocycles. The van der Waals surface area contributed by atoms with Crippen molar-refractivity contribution in [1.29, 1.82) is 0 Å². The Morgan fingerprint density at radius 3 is 0.651 bits per heavy atom. The topological polar surface area (TPSA) is 44.8 Å². The second-order valence-electron chi connectivity index (χ2n) is 30.2. The van der Waals surface area contributed by atoms with Crippen molar-refractivity contribution in [2.75, 3.05) is 0 Å². The van der Waals surface area contributed by atoms with Crippen LogP contribution in [-0.2, 0) is 43.1 Å². The standard InChI is InChI=1S/C78H135O4P/c1-58(2)28-19-34-64(13)46-52-70-40-25-43-76(73(70)55-49-67(16)37-22-31-61(7)8)80-83(79,81-77-44-26-41-71(53-47-65(14)35-20-29-59(3)4)74(77)56-50-68(17)38-23-32-62(9)10)82-78-45-27-42-72(54-48-66(15)36-21-30-60(5)6)75(78)57-51-69(18)39-24-33-63(11)12/h25-27,40-45,58-69H,19-24,28-39,46-57H2,1-18H3. The van der Waals surface area contributed by atoms with Gasteiger partial charge >= 0.3 is 7.82 Å². The first-order valence-corrected chi connectivity index (χ1v) is 36.9. The van der Waals surface area contributed by atoms with Crippen LogP contribution in [-0.4, -0.2) is 0 Å². The Morgan fingerprint density at radius 1 is 0.265 bits per heavy atom. The highest BCUT2D eigenvalue weighted by Gasteiger charge is 2.37. The quantitative estimate of drug-likeness (QED) is 0.0529. The molecule has 5 heteroatoms. The van der Waals surface area contributed by atoms with Gasteiger partial charge in [0, 0.05) is 0 Å². The lowest BCUT2D eigenvalue weighted by Crippen LogP contribution is -2.13. The molecule has 6 atom stereocenters. The fourth-order valence-electron chi connectivity index (χ4n) is 12.6. The van der Waals surface area contributed by atoms with Gasteiger partial charge < -0.3 is 13.6 Å². The summed E-state index contributed by atoms with van der Waals surface area (Å²) < 4.78 is 38.5. The summed E-state index contributed by atoms with van der Waals surface area (Å²) in [5, 5.41) is 0. The Morgan fingerprint density at radius 2 is 0.458 bits per heavy atom. The third kappa shape index (κ3) is 32.7. The molecule has 3 aromatic carbocycles. The van der Waals surface area contributed by atoms with Gasteiger partial charge in [0.05, 0.1) is 0 Å². The SMILES string of the molecule is CC(C)CCCC(C)CCc1cccc(OP(=O)(Oc2cccc(CCC(C)CCCC(C)C)c2CCC(C)CCCC(C)C)Oc2cccc(CCC(C)CCCC(C)C)c2CCC(C)CCCC(C)C)c1CCC(C)CCCC(C)C. The number of hydrogen-bond donors (Lipinski definition) is 0. The van der Waals surface area contributed by atoms with Crippen LogP contribution in [0.15, 0.2) is 54.6 Å². The first kappa shape index (κ1) is 74.5. The van der Waals surface area contributed by atoms with Crippen LogP contribution in [0.4, 0.5) is 0 Å². The average molecular weight is 1170 g/mol. The molecule has 0 spiro atoms. The second kappa shape index (κ2) is 41.4. The summed E-state index contributed by atoms with van der Waals surface area (Å²) >= 11 is 0. The summed E-state index contributed by atoms with van der Waals surface area (Å²) in [6.07, 6.45) is 34.6. The Bertz CT molecular complexity index is 1940. The van der Waals surface area contributed by atoms with Crippen LogP contribution in [0.25, 0.3) is 0 Å². The molecule has 0 N–H and O–H groups in total. The average Bonchev–Trinajstić information content (AvgIpc) is 3.53. The molecule has 4 nitrogen and oxygen atoms in total. The summed E-state index contributed by atoms with van der Waals surface area (Å²) in [5.41, 5.74) is 7.47. The normalized spacial score (nSPS) is 15.1. The molecule has 0 radical (unpaired) electrons. The van der Waals surface area contributed by atoms with Gasteiger partial charge in [-0.15, -0.1) is 0 Å². The lowest BCUT2D eigenvalue weighted by atomic mass is 9.89. The van der Waals surface area contributed by atoms with E-state index in [4.69, 9.17) is 13.6 Å². The fraction of sp³-hybridized carbons (Fsp3) is 0.769.